The van der Waals surface area contributed by atoms with Crippen molar-refractivity contribution in [3.8, 4) is 0 Å². The first-order valence-electron chi connectivity index (χ1n) is 6.33. The van der Waals surface area contributed by atoms with Crippen molar-refractivity contribution in [1.29, 1.82) is 0 Å². The summed E-state index contributed by atoms with van der Waals surface area (Å²) < 4.78 is 2.04. The molecule has 0 radical (unpaired) electrons. The first kappa shape index (κ1) is 13.2. The molecule has 16 heavy (non-hydrogen) atoms. The monoisotopic (exact) mass is 223 g/mol. The van der Waals surface area contributed by atoms with E-state index in [2.05, 4.69) is 51.2 Å². The van der Waals surface area contributed by atoms with Gasteiger partial charge < -0.3 is 5.32 Å². The van der Waals surface area contributed by atoms with Crippen LogP contribution in [0.15, 0.2) is 12.4 Å². The Morgan fingerprint density at radius 2 is 2.00 bits per heavy atom. The molecule has 0 aliphatic rings. The second-order valence-electron chi connectivity index (χ2n) is 4.94. The quantitative estimate of drug-likeness (QED) is 0.803. The lowest BCUT2D eigenvalue weighted by molar-refractivity contribution is 0.439. The number of hydrogen-bond acceptors (Lipinski definition) is 2. The van der Waals surface area contributed by atoms with Crippen LogP contribution >= 0.6 is 0 Å². The lowest BCUT2D eigenvalue weighted by Gasteiger charge is -2.22. The molecule has 0 saturated carbocycles. The highest BCUT2D eigenvalue weighted by Gasteiger charge is 2.16. The summed E-state index contributed by atoms with van der Waals surface area (Å²) in [6, 6.07) is 1.02. The summed E-state index contributed by atoms with van der Waals surface area (Å²) >= 11 is 0. The first-order valence-corrected chi connectivity index (χ1v) is 6.33. The van der Waals surface area contributed by atoms with Gasteiger partial charge in [-0.25, -0.2) is 0 Å². The molecule has 0 amide bonds. The molecule has 0 aromatic carbocycles. The molecule has 0 fully saturated rings. The number of nitrogens with zero attached hydrogens (tertiary/aromatic N) is 2. The van der Waals surface area contributed by atoms with Crippen molar-refractivity contribution in [3.63, 3.8) is 0 Å². The SMILES string of the molecule is CCCn1cc(C(C)C(C)NC(C)C)cn1. The van der Waals surface area contributed by atoms with Crippen LogP contribution in [0, 0.1) is 0 Å². The van der Waals surface area contributed by atoms with Crippen molar-refractivity contribution >= 4 is 0 Å². The highest BCUT2D eigenvalue weighted by Crippen LogP contribution is 2.18. The third-order valence-electron chi connectivity index (χ3n) is 2.98. The van der Waals surface area contributed by atoms with Gasteiger partial charge in [-0.15, -0.1) is 0 Å². The fourth-order valence-corrected chi connectivity index (χ4v) is 1.92. The van der Waals surface area contributed by atoms with Crippen LogP contribution in [0.1, 0.15) is 52.5 Å². The third-order valence-corrected chi connectivity index (χ3v) is 2.98. The molecule has 0 saturated heterocycles. The topological polar surface area (TPSA) is 29.9 Å². The minimum Gasteiger partial charge on any atom is -0.311 e. The summed E-state index contributed by atoms with van der Waals surface area (Å²) in [6.45, 7) is 12.1. The molecule has 1 aromatic rings. The van der Waals surface area contributed by atoms with Gasteiger partial charge >= 0.3 is 0 Å². The zero-order chi connectivity index (χ0) is 12.1. The smallest absolute Gasteiger partial charge is 0.0525 e. The molecule has 0 aliphatic carbocycles. The highest BCUT2D eigenvalue weighted by atomic mass is 15.3. The van der Waals surface area contributed by atoms with Gasteiger partial charge in [0, 0.05) is 24.8 Å². The summed E-state index contributed by atoms with van der Waals surface area (Å²) in [7, 11) is 0. The largest absolute Gasteiger partial charge is 0.311 e. The number of rotatable bonds is 6. The number of nitrogens with one attached hydrogen (secondary N) is 1. The molecule has 3 nitrogen and oxygen atoms in total. The first-order chi connectivity index (χ1) is 7.54. The van der Waals surface area contributed by atoms with E-state index in [0.717, 1.165) is 13.0 Å². The minimum atomic E-state index is 0.485. The van der Waals surface area contributed by atoms with E-state index < -0.39 is 0 Å². The lowest BCUT2D eigenvalue weighted by Crippen LogP contribution is -2.35. The average Bonchev–Trinajstić information content (AvgIpc) is 2.64. The van der Waals surface area contributed by atoms with E-state index in [1.165, 1.54) is 5.56 Å². The summed E-state index contributed by atoms with van der Waals surface area (Å²) in [4.78, 5) is 0. The van der Waals surface area contributed by atoms with E-state index in [9.17, 15) is 0 Å². The van der Waals surface area contributed by atoms with Gasteiger partial charge in [0.05, 0.1) is 6.20 Å². The Balaban J connectivity index is 2.60. The van der Waals surface area contributed by atoms with Gasteiger partial charge in [0.2, 0.25) is 0 Å². The van der Waals surface area contributed by atoms with Gasteiger partial charge in [0.25, 0.3) is 0 Å². The highest BCUT2D eigenvalue weighted by molar-refractivity contribution is 5.12. The molecule has 0 bridgehead atoms. The van der Waals surface area contributed by atoms with Gasteiger partial charge in [-0.3, -0.25) is 4.68 Å². The Bertz CT molecular complexity index is 304. The van der Waals surface area contributed by atoms with Crippen LogP contribution in [0.5, 0.6) is 0 Å². The molecular weight excluding hydrogens is 198 g/mol. The molecule has 1 aromatic heterocycles. The van der Waals surface area contributed by atoms with E-state index in [-0.39, 0.29) is 0 Å². The van der Waals surface area contributed by atoms with Crippen LogP contribution in [-0.2, 0) is 6.54 Å². The number of hydrogen-bond donors (Lipinski definition) is 1. The molecule has 92 valence electrons. The third kappa shape index (κ3) is 3.63. The normalized spacial score (nSPS) is 15.4. The Hall–Kier alpha value is -0.830. The second kappa shape index (κ2) is 6.04. The maximum Gasteiger partial charge on any atom is 0.0525 e. The second-order valence-corrected chi connectivity index (χ2v) is 4.94. The van der Waals surface area contributed by atoms with Crippen LogP contribution in [-0.4, -0.2) is 21.9 Å². The molecule has 0 spiro atoms. The Kier molecular flexibility index (Phi) is 5.00. The van der Waals surface area contributed by atoms with Gasteiger partial charge in [-0.05, 0) is 24.8 Å². The average molecular weight is 223 g/mol. The molecule has 0 aliphatic heterocycles. The van der Waals surface area contributed by atoms with Crippen LogP contribution in [0.2, 0.25) is 0 Å². The van der Waals surface area contributed by atoms with Crippen LogP contribution < -0.4 is 5.32 Å². The van der Waals surface area contributed by atoms with Gasteiger partial charge in [0.15, 0.2) is 0 Å². The molecular formula is C13H25N3. The van der Waals surface area contributed by atoms with Crippen LogP contribution in [0.25, 0.3) is 0 Å². The van der Waals surface area contributed by atoms with E-state index in [1.54, 1.807) is 0 Å². The predicted molar refractivity (Wildman–Crippen MR) is 68.7 cm³/mol. The number of aryl methyl sites for hydroxylation is 1. The van der Waals surface area contributed by atoms with Crippen molar-refractivity contribution in [2.45, 2.75) is 65.6 Å². The van der Waals surface area contributed by atoms with Gasteiger partial charge in [0.1, 0.15) is 0 Å². The maximum absolute atomic E-state index is 4.38. The summed E-state index contributed by atoms with van der Waals surface area (Å²) in [5.41, 5.74) is 1.33. The predicted octanol–water partition coefficient (Wildman–Crippen LogP) is 2.78. The Morgan fingerprint density at radius 1 is 1.31 bits per heavy atom. The van der Waals surface area contributed by atoms with Crippen molar-refractivity contribution in [3.05, 3.63) is 18.0 Å². The van der Waals surface area contributed by atoms with E-state index in [0.29, 0.717) is 18.0 Å². The fourth-order valence-electron chi connectivity index (χ4n) is 1.92. The molecule has 2 atom stereocenters. The number of aromatic nitrogens is 2. The molecule has 1 heterocycles. The molecule has 3 heteroatoms. The zero-order valence-electron chi connectivity index (χ0n) is 11.2. The zero-order valence-corrected chi connectivity index (χ0v) is 11.2. The van der Waals surface area contributed by atoms with Crippen molar-refractivity contribution in [2.75, 3.05) is 0 Å². The summed E-state index contributed by atoms with van der Waals surface area (Å²) in [5, 5.41) is 7.92. The maximum atomic E-state index is 4.38. The van der Waals surface area contributed by atoms with E-state index in [4.69, 9.17) is 0 Å². The standard InChI is InChI=1S/C13H25N3/c1-6-7-16-9-13(8-14-16)11(4)12(5)15-10(2)3/h8-12,15H,6-7H2,1-5H3. The molecule has 1 rings (SSSR count). The lowest BCUT2D eigenvalue weighted by atomic mass is 9.97. The summed E-state index contributed by atoms with van der Waals surface area (Å²) in [5.74, 6) is 0.507. The van der Waals surface area contributed by atoms with Crippen molar-refractivity contribution in [2.24, 2.45) is 0 Å². The van der Waals surface area contributed by atoms with Crippen molar-refractivity contribution < 1.29 is 0 Å². The van der Waals surface area contributed by atoms with E-state index in [1.807, 2.05) is 10.9 Å². The molecule has 2 unspecified atom stereocenters. The van der Waals surface area contributed by atoms with Crippen LogP contribution in [0.4, 0.5) is 0 Å². The van der Waals surface area contributed by atoms with Crippen LogP contribution in [0.3, 0.4) is 0 Å². The Morgan fingerprint density at radius 3 is 2.56 bits per heavy atom. The summed E-state index contributed by atoms with van der Waals surface area (Å²) in [6.07, 6.45) is 5.31. The Labute approximate surface area is 99.2 Å². The van der Waals surface area contributed by atoms with Crippen molar-refractivity contribution in [1.82, 2.24) is 15.1 Å². The van der Waals surface area contributed by atoms with Gasteiger partial charge in [-0.2, -0.15) is 5.10 Å². The fraction of sp³-hybridized carbons (Fsp3) is 0.769. The van der Waals surface area contributed by atoms with E-state index >= 15 is 0 Å². The molecule has 1 N–H and O–H groups in total. The van der Waals surface area contributed by atoms with Gasteiger partial charge in [-0.1, -0.05) is 27.7 Å². The minimum absolute atomic E-state index is 0.485.